The van der Waals surface area contributed by atoms with Gasteiger partial charge in [-0.2, -0.15) is 0 Å². The third kappa shape index (κ3) is 4.04. The van der Waals surface area contributed by atoms with Crippen LogP contribution in [-0.2, 0) is 0 Å². The van der Waals surface area contributed by atoms with Crippen LogP contribution in [0.5, 0.6) is 0 Å². The summed E-state index contributed by atoms with van der Waals surface area (Å²) in [5, 5.41) is 19.2. The van der Waals surface area contributed by atoms with Crippen molar-refractivity contribution in [2.45, 2.75) is 33.6 Å². The van der Waals surface area contributed by atoms with Crippen molar-refractivity contribution in [1.82, 2.24) is 15.0 Å². The summed E-state index contributed by atoms with van der Waals surface area (Å²) in [6, 6.07) is 5.63. The lowest BCUT2D eigenvalue weighted by Crippen LogP contribution is -2.35. The van der Waals surface area contributed by atoms with Gasteiger partial charge < -0.3 is 15.4 Å². The monoisotopic (exact) mass is 303 g/mol. The van der Waals surface area contributed by atoms with E-state index in [0.29, 0.717) is 21.8 Å². The molecule has 6 nitrogen and oxygen atoms in total. The summed E-state index contributed by atoms with van der Waals surface area (Å²) < 4.78 is 0. The van der Waals surface area contributed by atoms with Gasteiger partial charge in [-0.15, -0.1) is 0 Å². The Hall–Kier alpha value is -1.95. The maximum atomic E-state index is 12.0. The second-order valence-corrected chi connectivity index (χ2v) is 5.52. The highest BCUT2D eigenvalue weighted by Crippen LogP contribution is 2.12. The third-order valence-corrected chi connectivity index (χ3v) is 3.61. The molecule has 0 aliphatic heterocycles. The van der Waals surface area contributed by atoms with Crippen molar-refractivity contribution in [2.75, 3.05) is 31.5 Å². The molecule has 2 aromatic rings. The molecule has 0 saturated heterocycles. The molecule has 120 valence electrons. The van der Waals surface area contributed by atoms with Crippen LogP contribution in [0, 0.1) is 12.1 Å². The normalized spacial score (nSPS) is 11.3. The van der Waals surface area contributed by atoms with Crippen LogP contribution < -0.4 is 10.2 Å². The maximum absolute atomic E-state index is 12.0. The molecule has 0 spiro atoms. The fraction of sp³-hybridized carbons (Fsp3) is 0.562. The van der Waals surface area contributed by atoms with Crippen LogP contribution in [0.3, 0.4) is 0 Å². The van der Waals surface area contributed by atoms with Gasteiger partial charge in [0.05, 0.1) is 5.10 Å². The fourth-order valence-electron chi connectivity index (χ4n) is 2.62. The Balaban J connectivity index is 2.03. The summed E-state index contributed by atoms with van der Waals surface area (Å²) in [5.74, 6) is 0.390. The molecule has 0 unspecified atom stereocenters. The number of fused-ring (bicyclic) bond motifs is 1. The van der Waals surface area contributed by atoms with Crippen LogP contribution in [0.1, 0.15) is 32.3 Å². The van der Waals surface area contributed by atoms with Gasteiger partial charge in [-0.3, -0.25) is 0 Å². The first-order chi connectivity index (χ1) is 10.7. The summed E-state index contributed by atoms with van der Waals surface area (Å²) in [4.78, 5) is 7.49. The van der Waals surface area contributed by atoms with Gasteiger partial charge in [0.15, 0.2) is 0 Å². The molecule has 0 fully saturated rings. The predicted octanol–water partition coefficient (Wildman–Crippen LogP) is 2.11. The molecular formula is C16H25N5O. The highest BCUT2D eigenvalue weighted by molar-refractivity contribution is 5.74. The van der Waals surface area contributed by atoms with E-state index in [9.17, 15) is 5.21 Å². The van der Waals surface area contributed by atoms with Gasteiger partial charge in [0.1, 0.15) is 5.52 Å². The van der Waals surface area contributed by atoms with Crippen LogP contribution in [-0.4, -0.2) is 41.2 Å². The maximum Gasteiger partial charge on any atom is 0.290 e. The van der Waals surface area contributed by atoms with Gasteiger partial charge in [-0.25, -0.2) is 4.98 Å². The summed E-state index contributed by atoms with van der Waals surface area (Å²) in [5.41, 5.74) is 2.09. The number of anilines is 1. The zero-order valence-electron chi connectivity index (χ0n) is 13.7. The number of hydrogen-bond acceptors (Lipinski definition) is 5. The Morgan fingerprint density at radius 2 is 1.91 bits per heavy atom. The average Bonchev–Trinajstić information content (AvgIpc) is 2.47. The molecule has 1 heterocycles. The Morgan fingerprint density at radius 3 is 2.59 bits per heavy atom. The zero-order valence-corrected chi connectivity index (χ0v) is 13.7. The molecule has 2 rings (SSSR count). The minimum absolute atomic E-state index is 0.390. The lowest BCUT2D eigenvalue weighted by Gasteiger charge is -2.20. The van der Waals surface area contributed by atoms with Crippen LogP contribution >= 0.6 is 0 Å². The van der Waals surface area contributed by atoms with Crippen LogP contribution in [0.25, 0.3) is 11.0 Å². The lowest BCUT2D eigenvalue weighted by molar-refractivity contribution is -0.641. The zero-order chi connectivity index (χ0) is 15.9. The van der Waals surface area contributed by atoms with E-state index < -0.39 is 0 Å². The number of para-hydroxylation sites is 1. The summed E-state index contributed by atoms with van der Waals surface area (Å²) in [7, 11) is 0. The first-order valence-electron chi connectivity index (χ1n) is 7.99. The van der Waals surface area contributed by atoms with E-state index in [1.165, 1.54) is 0 Å². The van der Waals surface area contributed by atoms with Crippen LogP contribution in [0.15, 0.2) is 18.2 Å². The molecule has 0 radical (unpaired) electrons. The molecule has 0 bridgehead atoms. The Labute approximate surface area is 131 Å². The van der Waals surface area contributed by atoms with Crippen molar-refractivity contribution >= 4 is 17.0 Å². The molecule has 22 heavy (non-hydrogen) atoms. The summed E-state index contributed by atoms with van der Waals surface area (Å²) >= 11 is 0. The first-order valence-corrected chi connectivity index (χ1v) is 7.99. The molecular weight excluding hydrogens is 278 g/mol. The van der Waals surface area contributed by atoms with Gasteiger partial charge in [-0.05, 0) is 43.8 Å². The van der Waals surface area contributed by atoms with Crippen molar-refractivity contribution in [3.63, 3.8) is 0 Å². The van der Waals surface area contributed by atoms with Crippen molar-refractivity contribution in [3.8, 4) is 0 Å². The minimum Gasteiger partial charge on any atom is -0.594 e. The number of hydrogen-bond donors (Lipinski definition) is 1. The molecule has 0 aliphatic rings. The molecule has 1 aromatic heterocycles. The molecule has 1 N–H and O–H groups in total. The molecule has 0 saturated carbocycles. The third-order valence-electron chi connectivity index (χ3n) is 3.61. The van der Waals surface area contributed by atoms with E-state index in [-0.39, 0.29) is 0 Å². The number of aryl methyl sites for hydroxylation is 1. The number of rotatable bonds is 8. The highest BCUT2D eigenvalue weighted by atomic mass is 16.5. The van der Waals surface area contributed by atoms with Crippen molar-refractivity contribution < 1.29 is 4.85 Å². The standard InChI is InChI=1S/C16H25N5O/c1-4-10-20(11-5-2)12-9-17-16-18-14-8-6-7-13(3)15(14)21(22)19-16/h6-8H,4-5,9-12H2,1-3H3,(H,17,18,19). The molecule has 0 aliphatic carbocycles. The van der Waals surface area contributed by atoms with E-state index in [0.717, 1.165) is 44.6 Å². The smallest absolute Gasteiger partial charge is 0.290 e. The van der Waals surface area contributed by atoms with Crippen LogP contribution in [0.4, 0.5) is 5.95 Å². The minimum atomic E-state index is 0.390. The van der Waals surface area contributed by atoms with E-state index in [1.807, 2.05) is 25.1 Å². The van der Waals surface area contributed by atoms with Gasteiger partial charge in [0, 0.05) is 18.7 Å². The number of aromatic nitrogens is 3. The van der Waals surface area contributed by atoms with E-state index >= 15 is 0 Å². The summed E-state index contributed by atoms with van der Waals surface area (Å²) in [6.07, 6.45) is 2.29. The second-order valence-electron chi connectivity index (χ2n) is 5.52. The summed E-state index contributed by atoms with van der Waals surface area (Å²) in [6.45, 7) is 10.1. The largest absolute Gasteiger partial charge is 0.594 e. The molecule has 1 aromatic carbocycles. The number of nitrogens with zero attached hydrogens (tertiary/aromatic N) is 4. The predicted molar refractivity (Wildman–Crippen MR) is 88.7 cm³/mol. The Kier molecular flexibility index (Phi) is 5.89. The first kappa shape index (κ1) is 16.4. The SMILES string of the molecule is CCCN(CCC)CCNc1nc2cccc(C)c2[n+]([O-])n1. The van der Waals surface area contributed by atoms with Gasteiger partial charge in [-0.1, -0.05) is 26.0 Å². The van der Waals surface area contributed by atoms with Crippen molar-refractivity contribution in [1.29, 1.82) is 0 Å². The topological polar surface area (TPSA) is 68.0 Å². The lowest BCUT2D eigenvalue weighted by atomic mass is 10.2. The second kappa shape index (κ2) is 7.89. The quantitative estimate of drug-likeness (QED) is 0.597. The Morgan fingerprint density at radius 1 is 1.18 bits per heavy atom. The average molecular weight is 303 g/mol. The molecule has 0 atom stereocenters. The molecule has 6 heteroatoms. The number of benzene rings is 1. The van der Waals surface area contributed by atoms with Crippen molar-refractivity contribution in [3.05, 3.63) is 29.0 Å². The number of nitrogens with one attached hydrogen (secondary N) is 1. The van der Waals surface area contributed by atoms with Gasteiger partial charge >= 0.3 is 0 Å². The molecule has 0 amide bonds. The van der Waals surface area contributed by atoms with Crippen molar-refractivity contribution in [2.24, 2.45) is 0 Å². The van der Waals surface area contributed by atoms with Gasteiger partial charge in [0.25, 0.3) is 11.5 Å². The van der Waals surface area contributed by atoms with E-state index in [4.69, 9.17) is 0 Å². The Bertz CT molecular complexity index is 611. The van der Waals surface area contributed by atoms with E-state index in [2.05, 4.69) is 34.1 Å². The fourth-order valence-corrected chi connectivity index (χ4v) is 2.62. The van der Waals surface area contributed by atoms with E-state index in [1.54, 1.807) is 0 Å². The van der Waals surface area contributed by atoms with Crippen LogP contribution in [0.2, 0.25) is 0 Å². The van der Waals surface area contributed by atoms with Gasteiger partial charge in [0.2, 0.25) is 0 Å². The highest BCUT2D eigenvalue weighted by Gasteiger charge is 2.13.